The van der Waals surface area contributed by atoms with E-state index >= 15 is 0 Å². The van der Waals surface area contributed by atoms with E-state index in [1.807, 2.05) is 0 Å². The van der Waals surface area contributed by atoms with Crippen LogP contribution in [0.5, 0.6) is 0 Å². The molecule has 1 atom stereocenters. The number of aliphatic hydroxyl groups excluding tert-OH is 1. The summed E-state index contributed by atoms with van der Waals surface area (Å²) in [5, 5.41) is 20.1. The summed E-state index contributed by atoms with van der Waals surface area (Å²) in [6.07, 6.45) is -0.814. The van der Waals surface area contributed by atoms with Gasteiger partial charge in [-0.15, -0.1) is 0 Å². The maximum atomic E-state index is 10.7. The zero-order chi connectivity index (χ0) is 11.4. The second-order valence-corrected chi connectivity index (χ2v) is 3.96. The van der Waals surface area contributed by atoms with Crippen LogP contribution in [0.3, 0.4) is 0 Å². The van der Waals surface area contributed by atoms with Gasteiger partial charge < -0.3 is 15.5 Å². The van der Waals surface area contributed by atoms with Crippen LogP contribution in [-0.4, -0.2) is 33.7 Å². The zero-order valence-electron chi connectivity index (χ0n) is 8.70. The maximum absolute atomic E-state index is 10.7. The van der Waals surface area contributed by atoms with Crippen LogP contribution in [0.1, 0.15) is 33.6 Å². The van der Waals surface area contributed by atoms with E-state index in [4.69, 9.17) is 10.2 Å². The fraction of sp³-hybridized carbons (Fsp3) is 0.778. The van der Waals surface area contributed by atoms with Crippen LogP contribution in [0, 0.1) is 0 Å². The Morgan fingerprint density at radius 2 is 1.93 bits per heavy atom. The summed E-state index contributed by atoms with van der Waals surface area (Å²) in [6, 6.07) is 0. The summed E-state index contributed by atoms with van der Waals surface area (Å²) >= 11 is 0. The molecule has 1 amide bonds. The molecule has 0 spiro atoms. The standard InChI is InChI=1S/C9H17NO4/c1-6(11)10-9(2,3)5-4-7(12)8(13)14/h7,12H,4-5H2,1-3H3,(H,10,11)(H,13,14). The van der Waals surface area contributed by atoms with Crippen molar-refractivity contribution in [1.29, 1.82) is 0 Å². The summed E-state index contributed by atoms with van der Waals surface area (Å²) in [4.78, 5) is 21.0. The van der Waals surface area contributed by atoms with Crippen LogP contribution in [0.25, 0.3) is 0 Å². The lowest BCUT2D eigenvalue weighted by atomic mass is 9.96. The highest BCUT2D eigenvalue weighted by molar-refractivity contribution is 5.74. The Morgan fingerprint density at radius 1 is 1.43 bits per heavy atom. The van der Waals surface area contributed by atoms with Gasteiger partial charge in [0.05, 0.1) is 0 Å². The first kappa shape index (κ1) is 12.9. The first-order valence-corrected chi connectivity index (χ1v) is 4.44. The van der Waals surface area contributed by atoms with E-state index in [1.165, 1.54) is 6.92 Å². The van der Waals surface area contributed by atoms with Crippen LogP contribution < -0.4 is 5.32 Å². The van der Waals surface area contributed by atoms with Crippen molar-refractivity contribution in [1.82, 2.24) is 5.32 Å². The molecule has 82 valence electrons. The van der Waals surface area contributed by atoms with Gasteiger partial charge in [-0.2, -0.15) is 0 Å². The summed E-state index contributed by atoms with van der Waals surface area (Å²) in [6.45, 7) is 4.96. The van der Waals surface area contributed by atoms with Crippen molar-refractivity contribution in [3.8, 4) is 0 Å². The van der Waals surface area contributed by atoms with E-state index in [0.717, 1.165) is 0 Å². The number of rotatable bonds is 5. The molecule has 0 bridgehead atoms. The van der Waals surface area contributed by atoms with Crippen LogP contribution in [0.15, 0.2) is 0 Å². The molecule has 0 aromatic rings. The molecular formula is C9H17NO4. The number of aliphatic hydroxyl groups is 1. The molecular weight excluding hydrogens is 186 g/mol. The van der Waals surface area contributed by atoms with Gasteiger partial charge in [-0.25, -0.2) is 4.79 Å². The van der Waals surface area contributed by atoms with Gasteiger partial charge in [0.15, 0.2) is 6.10 Å². The van der Waals surface area contributed by atoms with Crippen LogP contribution in [-0.2, 0) is 9.59 Å². The van der Waals surface area contributed by atoms with Crippen molar-refractivity contribution in [3.63, 3.8) is 0 Å². The molecule has 14 heavy (non-hydrogen) atoms. The predicted molar refractivity (Wildman–Crippen MR) is 50.8 cm³/mol. The van der Waals surface area contributed by atoms with Gasteiger partial charge in [-0.05, 0) is 26.7 Å². The lowest BCUT2D eigenvalue weighted by molar-refractivity contribution is -0.147. The first-order chi connectivity index (χ1) is 6.24. The summed E-state index contributed by atoms with van der Waals surface area (Å²) < 4.78 is 0. The summed E-state index contributed by atoms with van der Waals surface area (Å²) in [5.41, 5.74) is -0.484. The zero-order valence-corrected chi connectivity index (χ0v) is 8.70. The third kappa shape index (κ3) is 5.53. The highest BCUT2D eigenvalue weighted by atomic mass is 16.4. The molecule has 0 radical (unpaired) electrons. The average molecular weight is 203 g/mol. The van der Waals surface area contributed by atoms with E-state index in [-0.39, 0.29) is 12.3 Å². The largest absolute Gasteiger partial charge is 0.479 e. The topological polar surface area (TPSA) is 86.6 Å². The SMILES string of the molecule is CC(=O)NC(C)(C)CCC(O)C(=O)O. The first-order valence-electron chi connectivity index (χ1n) is 4.44. The number of nitrogens with one attached hydrogen (secondary N) is 1. The van der Waals surface area contributed by atoms with Gasteiger partial charge in [0.2, 0.25) is 5.91 Å². The minimum Gasteiger partial charge on any atom is -0.479 e. The van der Waals surface area contributed by atoms with E-state index in [9.17, 15) is 9.59 Å². The van der Waals surface area contributed by atoms with Crippen molar-refractivity contribution in [2.24, 2.45) is 0 Å². The van der Waals surface area contributed by atoms with E-state index in [1.54, 1.807) is 13.8 Å². The number of aliphatic carboxylic acids is 1. The van der Waals surface area contributed by atoms with Gasteiger partial charge >= 0.3 is 5.97 Å². The monoisotopic (exact) mass is 203 g/mol. The summed E-state index contributed by atoms with van der Waals surface area (Å²) in [7, 11) is 0. The Labute approximate surface area is 83.1 Å². The van der Waals surface area contributed by atoms with Crippen molar-refractivity contribution < 1.29 is 19.8 Å². The Bertz CT molecular complexity index is 225. The number of carboxylic acids is 1. The van der Waals surface area contributed by atoms with E-state index in [2.05, 4.69) is 5.32 Å². The Morgan fingerprint density at radius 3 is 2.29 bits per heavy atom. The molecule has 5 heteroatoms. The van der Waals surface area contributed by atoms with Crippen molar-refractivity contribution in [2.75, 3.05) is 0 Å². The molecule has 0 heterocycles. The van der Waals surface area contributed by atoms with Crippen molar-refractivity contribution in [2.45, 2.75) is 45.3 Å². The second-order valence-electron chi connectivity index (χ2n) is 3.96. The molecule has 0 rings (SSSR count). The number of carbonyl (C=O) groups excluding carboxylic acids is 1. The molecule has 0 saturated heterocycles. The molecule has 1 unspecified atom stereocenters. The average Bonchev–Trinajstić information content (AvgIpc) is 1.97. The smallest absolute Gasteiger partial charge is 0.332 e. The molecule has 0 aromatic carbocycles. The molecule has 0 aromatic heterocycles. The Hall–Kier alpha value is -1.10. The minimum absolute atomic E-state index is 0.128. The fourth-order valence-electron chi connectivity index (χ4n) is 1.16. The van der Waals surface area contributed by atoms with Crippen LogP contribution in [0.4, 0.5) is 0 Å². The molecule has 0 aliphatic heterocycles. The quantitative estimate of drug-likeness (QED) is 0.592. The molecule has 5 nitrogen and oxygen atoms in total. The molecule has 0 fully saturated rings. The minimum atomic E-state index is -1.36. The van der Waals surface area contributed by atoms with Gasteiger partial charge in [-0.1, -0.05) is 0 Å². The highest BCUT2D eigenvalue weighted by Crippen LogP contribution is 2.12. The molecule has 0 aliphatic carbocycles. The second kappa shape index (κ2) is 4.95. The van der Waals surface area contributed by atoms with Crippen molar-refractivity contribution in [3.05, 3.63) is 0 Å². The van der Waals surface area contributed by atoms with Gasteiger partial charge in [0.25, 0.3) is 0 Å². The third-order valence-electron chi connectivity index (χ3n) is 1.84. The van der Waals surface area contributed by atoms with E-state index < -0.39 is 17.6 Å². The third-order valence-corrected chi connectivity index (χ3v) is 1.84. The van der Waals surface area contributed by atoms with Crippen molar-refractivity contribution >= 4 is 11.9 Å². The number of carbonyl (C=O) groups is 2. The molecule has 0 saturated carbocycles. The van der Waals surface area contributed by atoms with E-state index in [0.29, 0.717) is 6.42 Å². The number of hydrogen-bond acceptors (Lipinski definition) is 3. The van der Waals surface area contributed by atoms with Crippen LogP contribution >= 0.6 is 0 Å². The van der Waals surface area contributed by atoms with Gasteiger partial charge in [-0.3, -0.25) is 4.79 Å². The predicted octanol–water partition coefficient (Wildman–Crippen LogP) is 0.127. The fourth-order valence-corrected chi connectivity index (χ4v) is 1.16. The highest BCUT2D eigenvalue weighted by Gasteiger charge is 2.22. The number of carboxylic acid groups (broad SMARTS) is 1. The lowest BCUT2D eigenvalue weighted by Gasteiger charge is -2.26. The number of amides is 1. The normalized spacial score (nSPS) is 13.4. The van der Waals surface area contributed by atoms with Crippen LogP contribution in [0.2, 0.25) is 0 Å². The maximum Gasteiger partial charge on any atom is 0.332 e. The van der Waals surface area contributed by atoms with Gasteiger partial charge in [0, 0.05) is 12.5 Å². The molecule has 0 aliphatic rings. The summed E-state index contributed by atoms with van der Waals surface area (Å²) in [5.74, 6) is -1.40. The lowest BCUT2D eigenvalue weighted by Crippen LogP contribution is -2.43. The van der Waals surface area contributed by atoms with Gasteiger partial charge in [0.1, 0.15) is 0 Å². The number of hydrogen-bond donors (Lipinski definition) is 3. The molecule has 3 N–H and O–H groups in total. The Balaban J connectivity index is 3.98. The Kier molecular flexibility index (Phi) is 4.56.